The van der Waals surface area contributed by atoms with Gasteiger partial charge in [-0.05, 0) is 54.5 Å². The second-order valence-corrected chi connectivity index (χ2v) is 7.53. The van der Waals surface area contributed by atoms with Gasteiger partial charge in [-0.1, -0.05) is 54.1 Å². The molecule has 4 aromatic rings. The molecule has 4 nitrogen and oxygen atoms in total. The summed E-state index contributed by atoms with van der Waals surface area (Å²) in [7, 11) is 1.72. The average molecular weight is 415 g/mol. The summed E-state index contributed by atoms with van der Waals surface area (Å²) in [6.07, 6.45) is 3.68. The number of carbonyl (C=O) groups is 1. The van der Waals surface area contributed by atoms with E-state index in [1.165, 1.54) is 0 Å². The molecule has 4 rings (SSSR count). The lowest BCUT2D eigenvalue weighted by Gasteiger charge is -2.07. The third-order valence-corrected chi connectivity index (χ3v) is 5.30. The molecule has 0 radical (unpaired) electrons. The summed E-state index contributed by atoms with van der Waals surface area (Å²) >= 11 is 5.88. The van der Waals surface area contributed by atoms with Gasteiger partial charge in [-0.15, -0.1) is 0 Å². The molecule has 0 aliphatic rings. The Balaban J connectivity index is 1.61. The molecule has 148 valence electrons. The third kappa shape index (κ3) is 3.82. The lowest BCUT2D eigenvalue weighted by Crippen LogP contribution is -2.21. The molecule has 0 saturated carbocycles. The quantitative estimate of drug-likeness (QED) is 0.426. The summed E-state index contributed by atoms with van der Waals surface area (Å²) in [4.78, 5) is 29.9. The normalized spacial score (nSPS) is 11.3. The van der Waals surface area contributed by atoms with Crippen molar-refractivity contribution >= 4 is 40.4 Å². The van der Waals surface area contributed by atoms with Crippen molar-refractivity contribution < 1.29 is 4.79 Å². The number of aromatic nitrogens is 2. The summed E-state index contributed by atoms with van der Waals surface area (Å²) in [6, 6.07) is 19.8. The van der Waals surface area contributed by atoms with Gasteiger partial charge in [-0.2, -0.15) is 0 Å². The highest BCUT2D eigenvalue weighted by atomic mass is 35.5. The van der Waals surface area contributed by atoms with E-state index in [1.54, 1.807) is 54.1 Å². The van der Waals surface area contributed by atoms with Gasteiger partial charge in [0.25, 0.3) is 5.56 Å². The Morgan fingerprint density at radius 2 is 1.57 bits per heavy atom. The van der Waals surface area contributed by atoms with E-state index in [4.69, 9.17) is 11.6 Å². The second kappa shape index (κ2) is 8.09. The Morgan fingerprint density at radius 1 is 0.933 bits per heavy atom. The maximum Gasteiger partial charge on any atom is 0.261 e. The van der Waals surface area contributed by atoms with Crippen LogP contribution in [0.3, 0.4) is 0 Å². The molecule has 0 bridgehead atoms. The van der Waals surface area contributed by atoms with Crippen molar-refractivity contribution in [3.63, 3.8) is 0 Å². The van der Waals surface area contributed by atoms with Gasteiger partial charge in [-0.25, -0.2) is 4.98 Å². The monoisotopic (exact) mass is 414 g/mol. The minimum absolute atomic E-state index is 0.0591. The average Bonchev–Trinajstić information content (AvgIpc) is 2.75. The molecule has 30 heavy (non-hydrogen) atoms. The predicted molar refractivity (Wildman–Crippen MR) is 122 cm³/mol. The molecule has 0 amide bonds. The topological polar surface area (TPSA) is 52.0 Å². The standard InChI is InChI=1S/C25H19ClN2O2/c1-16-4-3-5-21-23(16)25(30)28(2)22(27-21)15-8-17-6-9-18(10-7-17)24(29)19-11-13-20(26)14-12-19/h3-15H,1-2H3. The van der Waals surface area contributed by atoms with Crippen molar-refractivity contribution in [2.45, 2.75) is 6.92 Å². The minimum atomic E-state index is -0.0679. The van der Waals surface area contributed by atoms with Gasteiger partial charge in [0.1, 0.15) is 5.82 Å². The van der Waals surface area contributed by atoms with Crippen LogP contribution in [0.15, 0.2) is 71.5 Å². The van der Waals surface area contributed by atoms with Gasteiger partial charge in [0, 0.05) is 23.2 Å². The van der Waals surface area contributed by atoms with Crippen LogP contribution in [-0.2, 0) is 7.05 Å². The maximum atomic E-state index is 12.7. The Morgan fingerprint density at radius 3 is 2.23 bits per heavy atom. The molecule has 0 aliphatic carbocycles. The number of rotatable bonds is 4. The number of nitrogens with zero attached hydrogens (tertiary/aromatic N) is 2. The van der Waals surface area contributed by atoms with E-state index in [0.29, 0.717) is 32.9 Å². The highest BCUT2D eigenvalue weighted by molar-refractivity contribution is 6.30. The van der Waals surface area contributed by atoms with Crippen LogP contribution in [0, 0.1) is 6.92 Å². The molecule has 3 aromatic carbocycles. The Hall–Kier alpha value is -3.50. The van der Waals surface area contributed by atoms with Gasteiger partial charge in [0.05, 0.1) is 10.9 Å². The number of halogens is 1. The van der Waals surface area contributed by atoms with Crippen LogP contribution < -0.4 is 5.56 Å². The first-order valence-corrected chi connectivity index (χ1v) is 9.86. The highest BCUT2D eigenvalue weighted by Gasteiger charge is 2.10. The summed E-state index contributed by atoms with van der Waals surface area (Å²) in [6.45, 7) is 1.91. The molecule has 0 fully saturated rings. The largest absolute Gasteiger partial charge is 0.296 e. The molecule has 0 N–H and O–H groups in total. The van der Waals surface area contributed by atoms with Crippen molar-refractivity contribution in [1.29, 1.82) is 0 Å². The zero-order valence-electron chi connectivity index (χ0n) is 16.6. The van der Waals surface area contributed by atoms with Gasteiger partial charge in [-0.3, -0.25) is 14.2 Å². The number of carbonyl (C=O) groups excluding carboxylic acids is 1. The highest BCUT2D eigenvalue weighted by Crippen LogP contribution is 2.17. The molecule has 0 saturated heterocycles. The Bertz CT molecular complexity index is 1330. The molecule has 0 atom stereocenters. The van der Waals surface area contributed by atoms with Crippen LogP contribution in [0.5, 0.6) is 0 Å². The molecular formula is C25H19ClN2O2. The molecular weight excluding hydrogens is 396 g/mol. The maximum absolute atomic E-state index is 12.7. The zero-order chi connectivity index (χ0) is 21.3. The first-order chi connectivity index (χ1) is 14.4. The molecule has 0 spiro atoms. The first-order valence-electron chi connectivity index (χ1n) is 9.49. The van der Waals surface area contributed by atoms with Crippen LogP contribution in [0.2, 0.25) is 5.02 Å². The number of hydrogen-bond acceptors (Lipinski definition) is 3. The second-order valence-electron chi connectivity index (χ2n) is 7.09. The van der Waals surface area contributed by atoms with Crippen LogP contribution in [0.4, 0.5) is 0 Å². The van der Waals surface area contributed by atoms with Gasteiger partial charge < -0.3 is 0 Å². The fourth-order valence-electron chi connectivity index (χ4n) is 3.33. The fraction of sp³-hybridized carbons (Fsp3) is 0.0800. The van der Waals surface area contributed by atoms with Crippen molar-refractivity contribution in [1.82, 2.24) is 9.55 Å². The summed E-state index contributed by atoms with van der Waals surface area (Å²) < 4.78 is 1.55. The number of fused-ring (bicyclic) bond motifs is 1. The van der Waals surface area contributed by atoms with E-state index in [2.05, 4.69) is 4.98 Å². The molecule has 0 unspecified atom stereocenters. The summed E-state index contributed by atoms with van der Waals surface area (Å²) in [5.41, 5.74) is 3.62. The molecule has 1 aromatic heterocycles. The first kappa shape index (κ1) is 19.8. The van der Waals surface area contributed by atoms with Crippen LogP contribution in [-0.4, -0.2) is 15.3 Å². The smallest absolute Gasteiger partial charge is 0.261 e. The lowest BCUT2D eigenvalue weighted by atomic mass is 10.0. The van der Waals surface area contributed by atoms with E-state index >= 15 is 0 Å². The molecule has 1 heterocycles. The Labute approximate surface area is 179 Å². The van der Waals surface area contributed by atoms with Crippen molar-refractivity contribution in [2.75, 3.05) is 0 Å². The Kier molecular flexibility index (Phi) is 5.34. The van der Waals surface area contributed by atoms with E-state index in [-0.39, 0.29) is 11.3 Å². The minimum Gasteiger partial charge on any atom is -0.296 e. The van der Waals surface area contributed by atoms with Gasteiger partial charge in [0.15, 0.2) is 5.78 Å². The van der Waals surface area contributed by atoms with E-state index < -0.39 is 0 Å². The number of benzene rings is 3. The summed E-state index contributed by atoms with van der Waals surface area (Å²) in [5.74, 6) is 0.510. The van der Waals surface area contributed by atoms with E-state index in [0.717, 1.165) is 11.1 Å². The molecule has 5 heteroatoms. The van der Waals surface area contributed by atoms with Crippen molar-refractivity contribution in [3.8, 4) is 0 Å². The third-order valence-electron chi connectivity index (χ3n) is 5.05. The van der Waals surface area contributed by atoms with Crippen LogP contribution in [0.1, 0.15) is 32.9 Å². The van der Waals surface area contributed by atoms with Crippen molar-refractivity contribution in [2.24, 2.45) is 7.05 Å². The molecule has 0 aliphatic heterocycles. The summed E-state index contributed by atoms with van der Waals surface area (Å²) in [5, 5.41) is 1.24. The van der Waals surface area contributed by atoms with Crippen molar-refractivity contribution in [3.05, 3.63) is 110 Å². The number of aryl methyl sites for hydroxylation is 1. The lowest BCUT2D eigenvalue weighted by molar-refractivity contribution is 0.103. The SMILES string of the molecule is Cc1cccc2nc(C=Cc3ccc(C(=O)c4ccc(Cl)cc4)cc3)n(C)c(=O)c12. The number of hydrogen-bond donors (Lipinski definition) is 0. The van der Waals surface area contributed by atoms with Gasteiger partial charge in [0.2, 0.25) is 0 Å². The van der Waals surface area contributed by atoms with Crippen LogP contribution in [0.25, 0.3) is 23.1 Å². The van der Waals surface area contributed by atoms with Gasteiger partial charge >= 0.3 is 0 Å². The zero-order valence-corrected chi connectivity index (χ0v) is 17.4. The fourth-order valence-corrected chi connectivity index (χ4v) is 3.45. The van der Waals surface area contributed by atoms with E-state index in [9.17, 15) is 9.59 Å². The van der Waals surface area contributed by atoms with Crippen LogP contribution >= 0.6 is 11.6 Å². The van der Waals surface area contributed by atoms with E-state index in [1.807, 2.05) is 43.3 Å². The number of ketones is 1. The predicted octanol–water partition coefficient (Wildman–Crippen LogP) is 5.30.